The van der Waals surface area contributed by atoms with E-state index >= 15 is 0 Å². The standard InChI is InChI=1S/C13H21N3O3S/c1-2-9-19-11-5-4-8-16(10-11)20(17,18)13-12(14)6-3-7-15-13/h3,6-7,11H,2,4-5,8-10,14H2,1H3. The Morgan fingerprint density at radius 1 is 1.55 bits per heavy atom. The molecule has 6 nitrogen and oxygen atoms in total. The summed E-state index contributed by atoms with van der Waals surface area (Å²) in [7, 11) is -3.63. The number of nitrogens with two attached hydrogens (primary N) is 1. The van der Waals surface area contributed by atoms with Crippen LogP contribution in [-0.4, -0.2) is 43.5 Å². The van der Waals surface area contributed by atoms with Gasteiger partial charge in [0.15, 0.2) is 5.03 Å². The summed E-state index contributed by atoms with van der Waals surface area (Å²) < 4.78 is 32.2. The lowest BCUT2D eigenvalue weighted by Gasteiger charge is -2.31. The monoisotopic (exact) mass is 299 g/mol. The molecule has 1 atom stereocenters. The number of piperidine rings is 1. The summed E-state index contributed by atoms with van der Waals surface area (Å²) in [5.41, 5.74) is 5.91. The van der Waals surface area contributed by atoms with Crippen molar-refractivity contribution in [3.63, 3.8) is 0 Å². The van der Waals surface area contributed by atoms with Crippen LogP contribution in [0.2, 0.25) is 0 Å². The number of anilines is 1. The van der Waals surface area contributed by atoms with Crippen LogP contribution >= 0.6 is 0 Å². The van der Waals surface area contributed by atoms with Crippen molar-refractivity contribution in [1.82, 2.24) is 9.29 Å². The highest BCUT2D eigenvalue weighted by Crippen LogP contribution is 2.24. The van der Waals surface area contributed by atoms with Crippen molar-refractivity contribution >= 4 is 15.7 Å². The molecule has 2 heterocycles. The molecule has 20 heavy (non-hydrogen) atoms. The Labute approximate surface area is 120 Å². The summed E-state index contributed by atoms with van der Waals surface area (Å²) in [6, 6.07) is 3.17. The van der Waals surface area contributed by atoms with Crippen LogP contribution in [0.25, 0.3) is 0 Å². The zero-order chi connectivity index (χ0) is 14.6. The van der Waals surface area contributed by atoms with Gasteiger partial charge >= 0.3 is 0 Å². The largest absolute Gasteiger partial charge is 0.396 e. The molecule has 0 bridgehead atoms. The third-order valence-corrected chi connectivity index (χ3v) is 5.12. The van der Waals surface area contributed by atoms with Crippen LogP contribution in [0.1, 0.15) is 26.2 Å². The van der Waals surface area contributed by atoms with E-state index in [-0.39, 0.29) is 16.8 Å². The molecule has 1 aliphatic heterocycles. The van der Waals surface area contributed by atoms with Crippen molar-refractivity contribution < 1.29 is 13.2 Å². The average Bonchev–Trinajstić information content (AvgIpc) is 2.45. The fourth-order valence-corrected chi connectivity index (χ4v) is 3.82. The van der Waals surface area contributed by atoms with Gasteiger partial charge in [-0.3, -0.25) is 0 Å². The maximum atomic E-state index is 12.6. The lowest BCUT2D eigenvalue weighted by atomic mass is 10.1. The first kappa shape index (κ1) is 15.2. The number of aromatic nitrogens is 1. The number of pyridine rings is 1. The fourth-order valence-electron chi connectivity index (χ4n) is 2.28. The normalized spacial score (nSPS) is 20.9. The lowest BCUT2D eigenvalue weighted by molar-refractivity contribution is 0.0193. The minimum Gasteiger partial charge on any atom is -0.396 e. The van der Waals surface area contributed by atoms with Gasteiger partial charge in [0, 0.05) is 25.9 Å². The number of rotatable bonds is 5. The number of hydrogen-bond donors (Lipinski definition) is 1. The topological polar surface area (TPSA) is 85.5 Å². The molecular weight excluding hydrogens is 278 g/mol. The Bertz CT molecular complexity index is 548. The van der Waals surface area contributed by atoms with Crippen molar-refractivity contribution in [3.05, 3.63) is 18.3 Å². The van der Waals surface area contributed by atoms with Crippen molar-refractivity contribution in [1.29, 1.82) is 0 Å². The van der Waals surface area contributed by atoms with Gasteiger partial charge in [-0.05, 0) is 31.4 Å². The first-order valence-electron chi connectivity index (χ1n) is 6.88. The van der Waals surface area contributed by atoms with Crippen LogP contribution < -0.4 is 5.73 Å². The second-order valence-corrected chi connectivity index (χ2v) is 6.75. The molecule has 1 unspecified atom stereocenters. The second-order valence-electron chi connectivity index (χ2n) is 4.90. The maximum absolute atomic E-state index is 12.6. The molecule has 0 aliphatic carbocycles. The number of sulfonamides is 1. The SMILES string of the molecule is CCCOC1CCCN(S(=O)(=O)c2ncccc2N)C1. The molecule has 2 N–H and O–H groups in total. The van der Waals surface area contributed by atoms with Gasteiger partial charge in [0.05, 0.1) is 11.8 Å². The Morgan fingerprint density at radius 2 is 2.35 bits per heavy atom. The molecule has 0 aromatic carbocycles. The first-order valence-corrected chi connectivity index (χ1v) is 8.32. The molecular formula is C13H21N3O3S. The number of nitrogens with zero attached hydrogens (tertiary/aromatic N) is 2. The Morgan fingerprint density at radius 3 is 3.05 bits per heavy atom. The predicted molar refractivity (Wildman–Crippen MR) is 76.7 cm³/mol. The van der Waals surface area contributed by atoms with Gasteiger partial charge in [0.1, 0.15) is 0 Å². The van der Waals surface area contributed by atoms with E-state index in [1.54, 1.807) is 12.1 Å². The van der Waals surface area contributed by atoms with Crippen molar-refractivity contribution in [3.8, 4) is 0 Å². The molecule has 7 heteroatoms. The zero-order valence-corrected chi connectivity index (χ0v) is 12.5. The van der Waals surface area contributed by atoms with Crippen molar-refractivity contribution in [2.24, 2.45) is 0 Å². The molecule has 1 aliphatic rings. The summed E-state index contributed by atoms with van der Waals surface area (Å²) in [4.78, 5) is 3.92. The van der Waals surface area contributed by atoms with E-state index in [1.807, 2.05) is 6.92 Å². The van der Waals surface area contributed by atoms with Crippen LogP contribution in [0.4, 0.5) is 5.69 Å². The van der Waals surface area contributed by atoms with E-state index in [0.717, 1.165) is 19.3 Å². The average molecular weight is 299 g/mol. The van der Waals surface area contributed by atoms with E-state index in [4.69, 9.17) is 10.5 Å². The molecule has 0 spiro atoms. The third kappa shape index (κ3) is 3.28. The lowest BCUT2D eigenvalue weighted by Crippen LogP contribution is -2.43. The van der Waals surface area contributed by atoms with Gasteiger partial charge in [-0.15, -0.1) is 0 Å². The molecule has 1 fully saturated rings. The fraction of sp³-hybridized carbons (Fsp3) is 0.615. The first-order chi connectivity index (χ1) is 9.55. The second kappa shape index (κ2) is 6.51. The van der Waals surface area contributed by atoms with Crippen LogP contribution in [-0.2, 0) is 14.8 Å². The molecule has 2 rings (SSSR count). The molecule has 1 aromatic heterocycles. The highest BCUT2D eigenvalue weighted by molar-refractivity contribution is 7.89. The minimum atomic E-state index is -3.63. The molecule has 112 valence electrons. The number of ether oxygens (including phenoxy) is 1. The highest BCUT2D eigenvalue weighted by Gasteiger charge is 2.32. The van der Waals surface area contributed by atoms with Gasteiger partial charge < -0.3 is 10.5 Å². The van der Waals surface area contributed by atoms with E-state index in [2.05, 4.69) is 4.98 Å². The van der Waals surface area contributed by atoms with Crippen LogP contribution in [0.3, 0.4) is 0 Å². The van der Waals surface area contributed by atoms with Crippen molar-refractivity contribution in [2.45, 2.75) is 37.3 Å². The van der Waals surface area contributed by atoms with Gasteiger partial charge in [0.25, 0.3) is 10.0 Å². The smallest absolute Gasteiger partial charge is 0.262 e. The van der Waals surface area contributed by atoms with Gasteiger partial charge in [-0.1, -0.05) is 6.92 Å². The predicted octanol–water partition coefficient (Wildman–Crippen LogP) is 1.24. The number of hydrogen-bond acceptors (Lipinski definition) is 5. The van der Waals surface area contributed by atoms with E-state index in [1.165, 1.54) is 10.5 Å². The Kier molecular flexibility index (Phi) is 4.95. The van der Waals surface area contributed by atoms with Crippen LogP contribution in [0, 0.1) is 0 Å². The Balaban J connectivity index is 2.15. The van der Waals surface area contributed by atoms with Crippen LogP contribution in [0.15, 0.2) is 23.4 Å². The summed E-state index contributed by atoms with van der Waals surface area (Å²) in [5, 5.41) is -0.0591. The van der Waals surface area contributed by atoms with E-state index < -0.39 is 10.0 Å². The van der Waals surface area contributed by atoms with Crippen LogP contribution in [0.5, 0.6) is 0 Å². The van der Waals surface area contributed by atoms with E-state index in [0.29, 0.717) is 19.7 Å². The minimum absolute atomic E-state index is 0.0385. The highest BCUT2D eigenvalue weighted by atomic mass is 32.2. The quantitative estimate of drug-likeness (QED) is 0.884. The summed E-state index contributed by atoms with van der Waals surface area (Å²) in [6.07, 6.45) is 4.02. The van der Waals surface area contributed by atoms with Gasteiger partial charge in [0.2, 0.25) is 0 Å². The summed E-state index contributed by atoms with van der Waals surface area (Å²) in [5.74, 6) is 0. The molecule has 1 saturated heterocycles. The molecule has 0 radical (unpaired) electrons. The maximum Gasteiger partial charge on any atom is 0.262 e. The zero-order valence-electron chi connectivity index (χ0n) is 11.7. The summed E-state index contributed by atoms with van der Waals surface area (Å²) >= 11 is 0. The Hall–Kier alpha value is -1.18. The van der Waals surface area contributed by atoms with Gasteiger partial charge in [-0.2, -0.15) is 4.31 Å². The third-order valence-electron chi connectivity index (χ3n) is 3.28. The molecule has 0 amide bonds. The van der Waals surface area contributed by atoms with Crippen molar-refractivity contribution in [2.75, 3.05) is 25.4 Å². The summed E-state index contributed by atoms with van der Waals surface area (Å²) in [6.45, 7) is 3.55. The van der Waals surface area contributed by atoms with Gasteiger partial charge in [-0.25, -0.2) is 13.4 Å². The van der Waals surface area contributed by atoms with E-state index in [9.17, 15) is 8.42 Å². The molecule has 1 aromatic rings. The number of nitrogen functional groups attached to an aromatic ring is 1. The molecule has 0 saturated carbocycles.